The van der Waals surface area contributed by atoms with Gasteiger partial charge in [-0.05, 0) is 17.7 Å². The molecule has 0 atom stereocenters. The maximum Gasteiger partial charge on any atom is 0.305 e. The van der Waals surface area contributed by atoms with E-state index in [0.29, 0.717) is 16.6 Å². The standard InChI is InChI=1S/C13H13ClN2O4S2/c1-15(8-9-3-5-10(14)6-4-9)13-11(16(17)18)7-12(21-13)22(2,19)20/h3-7H,8H2,1-2H3. The summed E-state index contributed by atoms with van der Waals surface area (Å²) in [6, 6.07) is 8.20. The number of hydrogen-bond acceptors (Lipinski definition) is 6. The summed E-state index contributed by atoms with van der Waals surface area (Å²) in [6.07, 6.45) is 1.03. The number of nitro groups is 1. The second-order valence-corrected chi connectivity index (χ2v) is 8.48. The molecule has 0 N–H and O–H groups in total. The van der Waals surface area contributed by atoms with Gasteiger partial charge in [-0.2, -0.15) is 0 Å². The van der Waals surface area contributed by atoms with Crippen molar-refractivity contribution in [3.05, 3.63) is 51.0 Å². The summed E-state index contributed by atoms with van der Waals surface area (Å²) in [5, 5.41) is 12.0. The van der Waals surface area contributed by atoms with E-state index >= 15 is 0 Å². The molecule has 0 aliphatic carbocycles. The van der Waals surface area contributed by atoms with Crippen LogP contribution in [0.4, 0.5) is 10.7 Å². The summed E-state index contributed by atoms with van der Waals surface area (Å²) in [6.45, 7) is 0.404. The van der Waals surface area contributed by atoms with Crippen LogP contribution in [0.25, 0.3) is 0 Å². The number of nitrogens with zero attached hydrogens (tertiary/aromatic N) is 2. The minimum atomic E-state index is -3.48. The Bertz CT molecular complexity index is 800. The van der Waals surface area contributed by atoms with E-state index in [4.69, 9.17) is 11.6 Å². The molecule has 0 radical (unpaired) electrons. The monoisotopic (exact) mass is 360 g/mol. The highest BCUT2D eigenvalue weighted by molar-refractivity contribution is 7.92. The average molecular weight is 361 g/mol. The smallest absolute Gasteiger partial charge is 0.305 e. The van der Waals surface area contributed by atoms with Crippen molar-refractivity contribution in [3.63, 3.8) is 0 Å². The van der Waals surface area contributed by atoms with Crippen LogP contribution in [0.15, 0.2) is 34.5 Å². The zero-order valence-corrected chi connectivity index (χ0v) is 14.2. The van der Waals surface area contributed by atoms with Crippen molar-refractivity contribution in [2.45, 2.75) is 10.8 Å². The topological polar surface area (TPSA) is 80.5 Å². The Morgan fingerprint density at radius 1 is 1.32 bits per heavy atom. The number of hydrogen-bond donors (Lipinski definition) is 0. The van der Waals surface area contributed by atoms with Gasteiger partial charge in [0.2, 0.25) is 0 Å². The Hall–Kier alpha value is -1.64. The Morgan fingerprint density at radius 2 is 1.91 bits per heavy atom. The molecule has 0 amide bonds. The third kappa shape index (κ3) is 3.76. The lowest BCUT2D eigenvalue weighted by Gasteiger charge is -2.16. The molecule has 9 heteroatoms. The van der Waals surface area contributed by atoms with E-state index in [-0.39, 0.29) is 9.90 Å². The van der Waals surface area contributed by atoms with Crippen molar-refractivity contribution < 1.29 is 13.3 Å². The predicted octanol–water partition coefficient (Wildman–Crippen LogP) is 3.35. The summed E-state index contributed by atoms with van der Waals surface area (Å²) < 4.78 is 23.2. The highest BCUT2D eigenvalue weighted by atomic mass is 35.5. The Kier molecular flexibility index (Phi) is 4.74. The van der Waals surface area contributed by atoms with Crippen LogP contribution in [0, 0.1) is 10.1 Å². The van der Waals surface area contributed by atoms with Crippen molar-refractivity contribution in [2.24, 2.45) is 0 Å². The first-order valence-corrected chi connectivity index (χ1v) is 9.21. The molecule has 0 saturated carbocycles. The Labute approximate surface area is 137 Å². The minimum Gasteiger partial charge on any atom is -0.357 e. The van der Waals surface area contributed by atoms with Crippen molar-refractivity contribution in [3.8, 4) is 0 Å². The zero-order chi connectivity index (χ0) is 16.5. The first kappa shape index (κ1) is 16.7. The van der Waals surface area contributed by atoms with Crippen LogP contribution in [0.5, 0.6) is 0 Å². The fourth-order valence-corrected chi connectivity index (χ4v) is 3.99. The molecule has 2 rings (SSSR count). The third-order valence-corrected chi connectivity index (χ3v) is 6.20. The van der Waals surface area contributed by atoms with Gasteiger partial charge in [-0.3, -0.25) is 10.1 Å². The van der Waals surface area contributed by atoms with Crippen molar-refractivity contribution >= 4 is 43.5 Å². The first-order chi connectivity index (χ1) is 10.2. The maximum absolute atomic E-state index is 11.6. The first-order valence-electron chi connectivity index (χ1n) is 6.12. The van der Waals surface area contributed by atoms with E-state index in [1.54, 1.807) is 24.1 Å². The number of thiophene rings is 1. The molecule has 0 aliphatic rings. The molecule has 0 aliphatic heterocycles. The lowest BCUT2D eigenvalue weighted by Crippen LogP contribution is -2.16. The summed E-state index contributed by atoms with van der Waals surface area (Å²) >= 11 is 6.71. The molecule has 0 saturated heterocycles. The lowest BCUT2D eigenvalue weighted by molar-refractivity contribution is -0.383. The van der Waals surface area contributed by atoms with Crippen molar-refractivity contribution in [2.75, 3.05) is 18.2 Å². The van der Waals surface area contributed by atoms with Gasteiger partial charge < -0.3 is 4.90 Å². The van der Waals surface area contributed by atoms with E-state index in [1.807, 2.05) is 12.1 Å². The number of sulfone groups is 1. The highest BCUT2D eigenvalue weighted by Gasteiger charge is 2.26. The third-order valence-electron chi connectivity index (χ3n) is 2.91. The molecule has 1 heterocycles. The molecule has 0 fully saturated rings. The molecule has 0 unspecified atom stereocenters. The van der Waals surface area contributed by atoms with E-state index in [1.165, 1.54) is 0 Å². The van der Waals surface area contributed by atoms with Crippen molar-refractivity contribution in [1.29, 1.82) is 0 Å². The van der Waals surface area contributed by atoms with E-state index in [2.05, 4.69) is 0 Å². The number of benzene rings is 1. The Balaban J connectivity index is 2.35. The van der Waals surface area contributed by atoms with Gasteiger partial charge in [0.1, 0.15) is 4.21 Å². The van der Waals surface area contributed by atoms with Gasteiger partial charge in [0.05, 0.1) is 4.92 Å². The van der Waals surface area contributed by atoms with Crippen LogP contribution in [0.3, 0.4) is 0 Å². The SMILES string of the molecule is CN(Cc1ccc(Cl)cc1)c1sc(S(C)(=O)=O)cc1[N+](=O)[O-]. The van der Waals surface area contributed by atoms with Gasteiger partial charge >= 0.3 is 5.69 Å². The van der Waals surface area contributed by atoms with E-state index in [0.717, 1.165) is 29.2 Å². The largest absolute Gasteiger partial charge is 0.357 e. The highest BCUT2D eigenvalue weighted by Crippen LogP contribution is 2.39. The normalized spacial score (nSPS) is 11.4. The van der Waals surface area contributed by atoms with Gasteiger partial charge in [-0.1, -0.05) is 35.1 Å². The predicted molar refractivity (Wildman–Crippen MR) is 87.6 cm³/mol. The van der Waals surface area contributed by atoms with Crippen LogP contribution < -0.4 is 4.90 Å². The molecule has 0 bridgehead atoms. The lowest BCUT2D eigenvalue weighted by atomic mass is 10.2. The van der Waals surface area contributed by atoms with Crippen LogP contribution in [0.1, 0.15) is 5.56 Å². The number of halogens is 1. The number of rotatable bonds is 5. The molecule has 1 aromatic heterocycles. The second kappa shape index (κ2) is 6.23. The summed E-state index contributed by atoms with van der Waals surface area (Å²) in [4.78, 5) is 12.2. The van der Waals surface area contributed by atoms with Gasteiger partial charge in [-0.25, -0.2) is 8.42 Å². The van der Waals surface area contributed by atoms with Crippen LogP contribution in [-0.4, -0.2) is 26.6 Å². The van der Waals surface area contributed by atoms with Crippen LogP contribution >= 0.6 is 22.9 Å². The van der Waals surface area contributed by atoms with Crippen LogP contribution in [0.2, 0.25) is 5.02 Å². The van der Waals surface area contributed by atoms with Crippen LogP contribution in [-0.2, 0) is 16.4 Å². The molecule has 1 aromatic carbocycles. The molecule has 2 aromatic rings. The van der Waals surface area contributed by atoms with Crippen molar-refractivity contribution in [1.82, 2.24) is 0 Å². The fraction of sp³-hybridized carbons (Fsp3) is 0.231. The molecule has 118 valence electrons. The second-order valence-electron chi connectivity index (χ2n) is 4.77. The molecular formula is C13H13ClN2O4S2. The molecule has 0 spiro atoms. The van der Waals surface area contributed by atoms with E-state index < -0.39 is 14.8 Å². The Morgan fingerprint density at radius 3 is 2.41 bits per heavy atom. The average Bonchev–Trinajstić information content (AvgIpc) is 2.86. The fourth-order valence-electron chi connectivity index (χ4n) is 1.87. The molecular weight excluding hydrogens is 348 g/mol. The van der Waals surface area contributed by atoms with Gasteiger partial charge in [0.15, 0.2) is 14.8 Å². The zero-order valence-electron chi connectivity index (χ0n) is 11.8. The maximum atomic E-state index is 11.6. The molecule has 22 heavy (non-hydrogen) atoms. The molecule has 6 nitrogen and oxygen atoms in total. The quantitative estimate of drug-likeness (QED) is 0.603. The summed E-state index contributed by atoms with van der Waals surface area (Å²) in [5.41, 5.74) is 0.706. The summed E-state index contributed by atoms with van der Waals surface area (Å²) in [5.74, 6) is 0. The van der Waals surface area contributed by atoms with Gasteiger partial charge in [-0.15, -0.1) is 0 Å². The van der Waals surface area contributed by atoms with Gasteiger partial charge in [0.25, 0.3) is 0 Å². The minimum absolute atomic E-state index is 0.0165. The van der Waals surface area contributed by atoms with Gasteiger partial charge in [0, 0.05) is 30.9 Å². The number of anilines is 1. The van der Waals surface area contributed by atoms with E-state index in [9.17, 15) is 18.5 Å². The summed E-state index contributed by atoms with van der Waals surface area (Å²) in [7, 11) is -1.80.